The van der Waals surface area contributed by atoms with Gasteiger partial charge in [-0.3, -0.25) is 0 Å². The first-order valence-electron chi connectivity index (χ1n) is 5.89. The Morgan fingerprint density at radius 2 is 1.71 bits per heavy atom. The van der Waals surface area contributed by atoms with Crippen molar-refractivity contribution in [2.45, 2.75) is 33.1 Å². The second-order valence-electron chi connectivity index (χ2n) is 3.56. The van der Waals surface area contributed by atoms with E-state index in [-0.39, 0.29) is 0 Å². The number of nitrogens with zero attached hydrogens (tertiary/aromatic N) is 1. The molecule has 86 valence electrons. The number of likely N-dealkylation sites (N-methyl/N-ethyl adjacent to an activating group) is 1. The average molecular weight is 202 g/mol. The smallest absolute Gasteiger partial charge is 0.0431 e. The molecule has 0 aromatic heterocycles. The fraction of sp³-hybridized carbons (Fsp3) is 1.00. The molecule has 0 bridgehead atoms. The van der Waals surface area contributed by atoms with Gasteiger partial charge >= 0.3 is 0 Å². The summed E-state index contributed by atoms with van der Waals surface area (Å²) in [5, 5.41) is 12.0. The Hall–Kier alpha value is -0.120. The zero-order valence-corrected chi connectivity index (χ0v) is 9.76. The van der Waals surface area contributed by atoms with Gasteiger partial charge in [-0.1, -0.05) is 13.8 Å². The first kappa shape index (κ1) is 13.9. The van der Waals surface area contributed by atoms with Gasteiger partial charge in [-0.25, -0.2) is 0 Å². The van der Waals surface area contributed by atoms with Gasteiger partial charge in [0.2, 0.25) is 0 Å². The van der Waals surface area contributed by atoms with Gasteiger partial charge in [-0.05, 0) is 38.9 Å². The largest absolute Gasteiger partial charge is 0.396 e. The van der Waals surface area contributed by atoms with Crippen LogP contribution in [0, 0.1) is 0 Å². The number of hydrogen-bond donors (Lipinski definition) is 2. The number of unbranched alkanes of at least 4 members (excludes halogenated alkanes) is 2. The van der Waals surface area contributed by atoms with Crippen molar-refractivity contribution in [2.75, 3.05) is 39.3 Å². The van der Waals surface area contributed by atoms with Gasteiger partial charge in [0.15, 0.2) is 0 Å². The van der Waals surface area contributed by atoms with Gasteiger partial charge in [0.05, 0.1) is 0 Å². The van der Waals surface area contributed by atoms with Crippen LogP contribution in [-0.4, -0.2) is 49.3 Å². The van der Waals surface area contributed by atoms with E-state index in [0.717, 1.165) is 45.6 Å². The zero-order chi connectivity index (χ0) is 10.6. The molecule has 0 amide bonds. The van der Waals surface area contributed by atoms with Crippen LogP contribution >= 0.6 is 0 Å². The van der Waals surface area contributed by atoms with Crippen molar-refractivity contribution in [3.05, 3.63) is 0 Å². The molecule has 0 saturated heterocycles. The topological polar surface area (TPSA) is 35.5 Å². The quantitative estimate of drug-likeness (QED) is 0.520. The van der Waals surface area contributed by atoms with E-state index in [9.17, 15) is 0 Å². The van der Waals surface area contributed by atoms with Crippen molar-refractivity contribution >= 4 is 0 Å². The summed E-state index contributed by atoms with van der Waals surface area (Å²) in [5.74, 6) is 0. The third-order valence-electron chi connectivity index (χ3n) is 2.51. The van der Waals surface area contributed by atoms with E-state index in [4.69, 9.17) is 5.11 Å². The van der Waals surface area contributed by atoms with Gasteiger partial charge in [-0.2, -0.15) is 0 Å². The van der Waals surface area contributed by atoms with E-state index in [1.54, 1.807) is 0 Å². The number of nitrogens with one attached hydrogen (secondary N) is 1. The van der Waals surface area contributed by atoms with Crippen LogP contribution in [0.25, 0.3) is 0 Å². The molecule has 3 heteroatoms. The molecular formula is C11H26N2O. The van der Waals surface area contributed by atoms with Crippen molar-refractivity contribution in [3.63, 3.8) is 0 Å². The minimum atomic E-state index is 0.333. The number of hydrogen-bond acceptors (Lipinski definition) is 3. The summed E-state index contributed by atoms with van der Waals surface area (Å²) in [6, 6.07) is 0. The Bertz CT molecular complexity index is 105. The number of aliphatic hydroxyl groups is 1. The average Bonchev–Trinajstić information content (AvgIpc) is 2.22. The van der Waals surface area contributed by atoms with Gasteiger partial charge in [-0.15, -0.1) is 0 Å². The van der Waals surface area contributed by atoms with E-state index >= 15 is 0 Å². The maximum absolute atomic E-state index is 8.58. The molecule has 0 aliphatic carbocycles. The summed E-state index contributed by atoms with van der Waals surface area (Å²) in [7, 11) is 0. The second-order valence-corrected chi connectivity index (χ2v) is 3.56. The highest BCUT2D eigenvalue weighted by Gasteiger charge is 1.96. The molecule has 2 N–H and O–H groups in total. The highest BCUT2D eigenvalue weighted by molar-refractivity contribution is 4.55. The highest BCUT2D eigenvalue weighted by atomic mass is 16.2. The Kier molecular flexibility index (Phi) is 10.9. The predicted molar refractivity (Wildman–Crippen MR) is 61.6 cm³/mol. The monoisotopic (exact) mass is 202 g/mol. The van der Waals surface area contributed by atoms with Crippen molar-refractivity contribution in [3.8, 4) is 0 Å². The molecule has 0 aromatic carbocycles. The van der Waals surface area contributed by atoms with Crippen molar-refractivity contribution in [2.24, 2.45) is 0 Å². The number of rotatable bonds is 10. The predicted octanol–water partition coefficient (Wildman–Crippen LogP) is 1.08. The molecule has 3 nitrogen and oxygen atoms in total. The molecule has 0 heterocycles. The molecule has 0 spiro atoms. The summed E-state index contributed by atoms with van der Waals surface area (Å²) in [4.78, 5) is 2.42. The van der Waals surface area contributed by atoms with Crippen LogP contribution in [0.4, 0.5) is 0 Å². The van der Waals surface area contributed by atoms with Crippen LogP contribution in [-0.2, 0) is 0 Å². The maximum Gasteiger partial charge on any atom is 0.0431 e. The summed E-state index contributed by atoms with van der Waals surface area (Å²) < 4.78 is 0. The maximum atomic E-state index is 8.58. The van der Waals surface area contributed by atoms with E-state index in [1.165, 1.54) is 6.42 Å². The minimum absolute atomic E-state index is 0.333. The van der Waals surface area contributed by atoms with Crippen LogP contribution in [0.3, 0.4) is 0 Å². The second kappa shape index (κ2) is 11.0. The van der Waals surface area contributed by atoms with Crippen molar-refractivity contribution in [1.82, 2.24) is 10.2 Å². The Morgan fingerprint density at radius 3 is 2.29 bits per heavy atom. The van der Waals surface area contributed by atoms with Gasteiger partial charge in [0.1, 0.15) is 0 Å². The standard InChI is InChI=1S/C11H26N2O/c1-3-13(4-2)10-9-12-8-6-5-7-11-14/h12,14H,3-11H2,1-2H3. The van der Waals surface area contributed by atoms with Crippen LogP contribution in [0.5, 0.6) is 0 Å². The summed E-state index contributed by atoms with van der Waals surface area (Å²) in [6.07, 6.45) is 3.26. The molecule has 0 fully saturated rings. The summed E-state index contributed by atoms with van der Waals surface area (Å²) in [5.41, 5.74) is 0. The lowest BCUT2D eigenvalue weighted by molar-refractivity contribution is 0.281. The molecule has 0 atom stereocenters. The summed E-state index contributed by atoms with van der Waals surface area (Å²) >= 11 is 0. The first-order valence-corrected chi connectivity index (χ1v) is 5.89. The summed E-state index contributed by atoms with van der Waals surface area (Å²) in [6.45, 7) is 10.3. The third kappa shape index (κ3) is 8.48. The molecule has 0 saturated carbocycles. The third-order valence-corrected chi connectivity index (χ3v) is 2.51. The van der Waals surface area contributed by atoms with E-state index in [2.05, 4.69) is 24.1 Å². The molecule has 14 heavy (non-hydrogen) atoms. The minimum Gasteiger partial charge on any atom is -0.396 e. The fourth-order valence-electron chi connectivity index (χ4n) is 1.44. The van der Waals surface area contributed by atoms with E-state index in [1.807, 2.05) is 0 Å². The van der Waals surface area contributed by atoms with Gasteiger partial charge < -0.3 is 15.3 Å². The van der Waals surface area contributed by atoms with Crippen LogP contribution in [0.2, 0.25) is 0 Å². The normalized spacial score (nSPS) is 11.1. The van der Waals surface area contributed by atoms with Crippen LogP contribution in [0.15, 0.2) is 0 Å². The van der Waals surface area contributed by atoms with Crippen LogP contribution in [0.1, 0.15) is 33.1 Å². The Labute approximate surface area is 88.5 Å². The SMILES string of the molecule is CCN(CC)CCNCCCCCO. The van der Waals surface area contributed by atoms with Gasteiger partial charge in [0.25, 0.3) is 0 Å². The van der Waals surface area contributed by atoms with Crippen LogP contribution < -0.4 is 5.32 Å². The first-order chi connectivity index (χ1) is 6.85. The van der Waals surface area contributed by atoms with E-state index < -0.39 is 0 Å². The highest BCUT2D eigenvalue weighted by Crippen LogP contribution is 1.91. The molecule has 0 unspecified atom stereocenters. The molecule has 0 aliphatic rings. The molecule has 0 rings (SSSR count). The molecular weight excluding hydrogens is 176 g/mol. The lowest BCUT2D eigenvalue weighted by Crippen LogP contribution is -2.32. The molecule has 0 aliphatic heterocycles. The number of aliphatic hydroxyl groups excluding tert-OH is 1. The Balaban J connectivity index is 3.04. The molecule has 0 radical (unpaired) electrons. The Morgan fingerprint density at radius 1 is 1.00 bits per heavy atom. The van der Waals surface area contributed by atoms with Crippen molar-refractivity contribution < 1.29 is 5.11 Å². The molecule has 0 aromatic rings. The van der Waals surface area contributed by atoms with E-state index in [0.29, 0.717) is 6.61 Å². The van der Waals surface area contributed by atoms with Crippen molar-refractivity contribution in [1.29, 1.82) is 0 Å². The lowest BCUT2D eigenvalue weighted by atomic mass is 10.2. The van der Waals surface area contributed by atoms with Gasteiger partial charge in [0, 0.05) is 19.7 Å². The lowest BCUT2D eigenvalue weighted by Gasteiger charge is -2.17. The zero-order valence-electron chi connectivity index (χ0n) is 9.76. The fourth-order valence-corrected chi connectivity index (χ4v) is 1.44.